The third kappa shape index (κ3) is 7.67. The van der Waals surface area contributed by atoms with Crippen LogP contribution in [0.1, 0.15) is 158 Å². The van der Waals surface area contributed by atoms with Crippen LogP contribution in [0.4, 0.5) is 5.55 Å². The van der Waals surface area contributed by atoms with E-state index < -0.39 is 15.2 Å². The number of nitrogens with zero attached hydrogens (tertiary/aromatic N) is 1. The molecule has 4 heteroatoms. The van der Waals surface area contributed by atoms with Crippen LogP contribution in [0.25, 0.3) is 10.6 Å². The molecule has 1 N–H and O–H groups in total. The zero-order valence-corrected chi connectivity index (χ0v) is 34.0. The van der Waals surface area contributed by atoms with E-state index in [0.29, 0.717) is 0 Å². The van der Waals surface area contributed by atoms with Crippen molar-refractivity contribution < 1.29 is 4.75 Å². The van der Waals surface area contributed by atoms with Crippen molar-refractivity contribution in [2.24, 2.45) is 0 Å². The number of anilines is 1. The first-order chi connectivity index (χ1) is 19.5. The summed E-state index contributed by atoms with van der Waals surface area (Å²) in [6, 6.07) is 10.2. The lowest BCUT2D eigenvalue weighted by molar-refractivity contribution is -0.272. The van der Waals surface area contributed by atoms with E-state index >= 15 is 0 Å². The van der Waals surface area contributed by atoms with Crippen LogP contribution in [0.5, 0.6) is 0 Å². The second kappa shape index (κ2) is 11.6. The second-order valence-corrected chi connectivity index (χ2v) is 23.5. The molecule has 0 saturated heterocycles. The van der Waals surface area contributed by atoms with E-state index in [0.717, 1.165) is 0 Å². The van der Waals surface area contributed by atoms with Crippen molar-refractivity contribution in [3.05, 3.63) is 63.2 Å². The fraction of sp³-hybridized carbons (Fsp3) is 0.650. The average molecular weight is 637 g/mol. The minimum atomic E-state index is -0.745. The minimum Gasteiger partial charge on any atom is -0.246 e. The van der Waals surface area contributed by atoms with Crippen LogP contribution >= 0.6 is 15.2 Å². The number of aromatic nitrogens is 1. The lowest BCUT2D eigenvalue weighted by atomic mass is 9.75. The Hall–Kier alpha value is -1.62. The monoisotopic (exact) mass is 636 g/mol. The molecule has 0 radical (unpaired) electrons. The SMILES string of the molecule is CN(C)c1[nH+]p(-c2c(C(C)(C)C)cc(C(C)(C)C)cc2C(C)(C)C)c[p+]1-c1c(C(C)(C)C)cc(C(C)(C)C)cc1C(C)(C)C. The molecule has 0 aliphatic heterocycles. The van der Waals surface area contributed by atoms with E-state index in [4.69, 9.17) is 0 Å². The first-order valence-corrected chi connectivity index (χ1v) is 19.4. The molecule has 0 fully saturated rings. The molecule has 0 aliphatic carbocycles. The fourth-order valence-electron chi connectivity index (χ4n) is 5.89. The van der Waals surface area contributed by atoms with Crippen LogP contribution < -0.4 is 9.65 Å². The maximum absolute atomic E-state index is 4.22. The van der Waals surface area contributed by atoms with Crippen molar-refractivity contribution in [3.63, 3.8) is 0 Å². The molecule has 0 bridgehead atoms. The van der Waals surface area contributed by atoms with E-state index in [2.05, 4.69) is 178 Å². The predicted molar refractivity (Wildman–Crippen MR) is 202 cm³/mol. The summed E-state index contributed by atoms with van der Waals surface area (Å²) in [5, 5.41) is 3.11. The lowest BCUT2D eigenvalue weighted by Crippen LogP contribution is -2.23. The Labute approximate surface area is 274 Å². The van der Waals surface area contributed by atoms with Gasteiger partial charge in [0.25, 0.3) is 0 Å². The van der Waals surface area contributed by atoms with Crippen molar-refractivity contribution >= 4 is 20.8 Å². The maximum atomic E-state index is 4.22. The van der Waals surface area contributed by atoms with Crippen LogP contribution in [-0.4, -0.2) is 14.1 Å². The standard InChI is InChI=1S/C40H65N2P2/c1-35(2,3)26-21-28(37(7,8)9)32(29(22-26)38(10,11)12)43-25-44(41-34(43)42(19)20)33-30(39(13,14)15)23-27(36(4,5)6)24-31(33)40(16,17)18/h21-25H,1-20H3/q+1/p+1. The summed E-state index contributed by atoms with van der Waals surface area (Å²) < 4.78 is 4.22. The number of hydrogen-bond donors (Lipinski definition) is 0. The smallest absolute Gasteiger partial charge is 0.246 e. The molecule has 2 unspecified atom stereocenters. The van der Waals surface area contributed by atoms with Gasteiger partial charge in [-0.1, -0.05) is 149 Å². The van der Waals surface area contributed by atoms with Gasteiger partial charge < -0.3 is 0 Å². The third-order valence-corrected chi connectivity index (χ3v) is 14.1. The topological polar surface area (TPSA) is 17.4 Å². The molecule has 3 aromatic rings. The van der Waals surface area contributed by atoms with Crippen molar-refractivity contribution in [2.45, 2.75) is 157 Å². The summed E-state index contributed by atoms with van der Waals surface area (Å²) in [5.74, 6) is 0. The van der Waals surface area contributed by atoms with E-state index in [-0.39, 0.29) is 32.5 Å². The highest BCUT2D eigenvalue weighted by atomic mass is 31.1. The maximum Gasteiger partial charge on any atom is 0.396 e. The molecule has 244 valence electrons. The van der Waals surface area contributed by atoms with Crippen molar-refractivity contribution in [2.75, 3.05) is 19.0 Å². The highest BCUT2D eigenvalue weighted by molar-refractivity contribution is 7.70. The van der Waals surface area contributed by atoms with Gasteiger partial charge in [0, 0.05) is 0 Å². The number of hydrogen-bond acceptors (Lipinski definition) is 1. The van der Waals surface area contributed by atoms with E-state index in [1.807, 2.05) is 0 Å². The van der Waals surface area contributed by atoms with Crippen LogP contribution in [-0.2, 0) is 32.5 Å². The van der Waals surface area contributed by atoms with Crippen LogP contribution in [0, 0.1) is 0 Å². The molecule has 1 heterocycles. The van der Waals surface area contributed by atoms with Crippen LogP contribution in [0.2, 0.25) is 0 Å². The first kappa shape index (κ1) is 36.8. The molecular weight excluding hydrogens is 570 g/mol. The Morgan fingerprint density at radius 2 is 0.818 bits per heavy atom. The van der Waals surface area contributed by atoms with Gasteiger partial charge in [-0.25, -0.2) is 4.90 Å². The zero-order chi connectivity index (χ0) is 34.2. The number of rotatable bonds is 3. The minimum absolute atomic E-state index is 0.0248. The molecule has 1 aromatic heterocycles. The van der Waals surface area contributed by atoms with Gasteiger partial charge in [-0.2, -0.15) is 0 Å². The van der Waals surface area contributed by atoms with Gasteiger partial charge >= 0.3 is 5.55 Å². The van der Waals surface area contributed by atoms with Gasteiger partial charge in [-0.3, -0.25) is 0 Å². The predicted octanol–water partition coefficient (Wildman–Crippen LogP) is 12.6. The molecule has 44 heavy (non-hydrogen) atoms. The first-order valence-electron chi connectivity index (χ1n) is 16.6. The van der Waals surface area contributed by atoms with Gasteiger partial charge in [-0.15, -0.1) is 4.75 Å². The fourth-order valence-corrected chi connectivity index (χ4v) is 13.0. The van der Waals surface area contributed by atoms with Gasteiger partial charge in [0.15, 0.2) is 13.1 Å². The summed E-state index contributed by atoms with van der Waals surface area (Å²) in [6.07, 6.45) is 0. The normalized spacial score (nSPS) is 14.7. The molecule has 0 aliphatic rings. The molecule has 2 atom stereocenters. The molecule has 2 nitrogen and oxygen atoms in total. The number of nitrogens with one attached hydrogen (secondary N) is 1. The van der Waals surface area contributed by atoms with Gasteiger partial charge in [-0.05, 0) is 65.9 Å². The molecular formula is C40H66N2P2+2. The summed E-state index contributed by atoms with van der Waals surface area (Å²) in [4.78, 5) is 2.37. The second-order valence-electron chi connectivity index (χ2n) is 19.5. The van der Waals surface area contributed by atoms with Crippen molar-refractivity contribution in [1.29, 1.82) is 0 Å². The Morgan fingerprint density at radius 3 is 1.09 bits per heavy atom. The molecule has 3 rings (SSSR count). The third-order valence-electron chi connectivity index (χ3n) is 8.77. The van der Waals surface area contributed by atoms with Gasteiger partial charge in [0.2, 0.25) is 7.69 Å². The van der Waals surface area contributed by atoms with Crippen LogP contribution in [0.15, 0.2) is 29.8 Å². The molecule has 0 spiro atoms. The molecule has 2 aromatic carbocycles. The summed E-state index contributed by atoms with van der Waals surface area (Å²) in [7, 11) is 3.01. The highest BCUT2D eigenvalue weighted by Gasteiger charge is 2.41. The molecule has 0 amide bonds. The van der Waals surface area contributed by atoms with E-state index in [1.165, 1.54) is 38.9 Å². The van der Waals surface area contributed by atoms with E-state index in [1.54, 1.807) is 10.6 Å². The highest BCUT2D eigenvalue weighted by Crippen LogP contribution is 2.61. The Kier molecular flexibility index (Phi) is 9.68. The van der Waals surface area contributed by atoms with E-state index in [9.17, 15) is 0 Å². The molecule has 0 saturated carbocycles. The summed E-state index contributed by atoms with van der Waals surface area (Å²) in [5.41, 5.74) is 13.3. The number of aromatic amines is 1. The van der Waals surface area contributed by atoms with Gasteiger partial charge in [0.05, 0.1) is 19.4 Å². The lowest BCUT2D eigenvalue weighted by Gasteiger charge is -2.31. The number of benzene rings is 2. The van der Waals surface area contributed by atoms with Crippen molar-refractivity contribution in [1.82, 2.24) is 0 Å². The van der Waals surface area contributed by atoms with Crippen LogP contribution in [0.3, 0.4) is 0 Å². The number of H-pyrrole nitrogens is 1. The summed E-state index contributed by atoms with van der Waals surface area (Å²) in [6.45, 7) is 43.0. The Morgan fingerprint density at radius 1 is 0.500 bits per heavy atom. The average Bonchev–Trinajstić information content (AvgIpc) is 3.24. The summed E-state index contributed by atoms with van der Waals surface area (Å²) >= 11 is 0. The van der Waals surface area contributed by atoms with Gasteiger partial charge in [0.1, 0.15) is 5.30 Å². The largest absolute Gasteiger partial charge is 0.396 e. The zero-order valence-electron chi connectivity index (χ0n) is 32.2. The Balaban J connectivity index is 2.63. The quantitative estimate of drug-likeness (QED) is 0.280. The Bertz CT molecular complexity index is 1440. The van der Waals surface area contributed by atoms with Crippen molar-refractivity contribution in [3.8, 4) is 10.6 Å².